The van der Waals surface area contributed by atoms with Gasteiger partial charge in [-0.1, -0.05) is 20.8 Å². The Morgan fingerprint density at radius 3 is 2.70 bits per heavy atom. The van der Waals surface area contributed by atoms with Crippen molar-refractivity contribution in [2.45, 2.75) is 45.4 Å². The minimum absolute atomic E-state index is 0.143. The van der Waals surface area contributed by atoms with Gasteiger partial charge in [-0.15, -0.1) is 11.3 Å². The maximum Gasteiger partial charge on any atom is 0.190 e. The Morgan fingerprint density at radius 2 is 2.15 bits per heavy atom. The third-order valence-electron chi connectivity index (χ3n) is 3.43. The summed E-state index contributed by atoms with van der Waals surface area (Å²) < 4.78 is 0. The predicted octanol–water partition coefficient (Wildman–Crippen LogP) is 2.56. The second kappa shape index (κ2) is 6.57. The molecule has 1 fully saturated rings. The van der Waals surface area contributed by atoms with Crippen LogP contribution in [0.5, 0.6) is 0 Å². The van der Waals surface area contributed by atoms with E-state index in [1.165, 1.54) is 23.5 Å². The van der Waals surface area contributed by atoms with E-state index in [2.05, 4.69) is 41.8 Å². The van der Waals surface area contributed by atoms with E-state index in [9.17, 15) is 0 Å². The minimum Gasteiger partial charge on any atom is -0.356 e. The molecule has 2 N–H and O–H groups in total. The number of rotatable bonds is 5. The van der Waals surface area contributed by atoms with Crippen LogP contribution in [0.2, 0.25) is 0 Å². The third kappa shape index (κ3) is 4.78. The Kier molecular flexibility index (Phi) is 5.02. The molecule has 0 radical (unpaired) electrons. The molecule has 1 saturated carbocycles. The number of guanidine groups is 1. The Bertz CT molecular complexity index is 455. The predicted molar refractivity (Wildman–Crippen MR) is 86.6 cm³/mol. The molecular formula is C15H26N4S. The maximum absolute atomic E-state index is 4.71. The van der Waals surface area contributed by atoms with Crippen LogP contribution in [-0.4, -0.2) is 31.1 Å². The zero-order valence-corrected chi connectivity index (χ0v) is 13.8. The topological polar surface area (TPSA) is 49.3 Å². The highest BCUT2D eigenvalue weighted by Crippen LogP contribution is 2.27. The number of thiazole rings is 1. The highest BCUT2D eigenvalue weighted by molar-refractivity contribution is 7.09. The highest BCUT2D eigenvalue weighted by Gasteiger charge is 2.21. The summed E-state index contributed by atoms with van der Waals surface area (Å²) in [5.74, 6) is 1.77. The average molecular weight is 294 g/mol. The summed E-state index contributed by atoms with van der Waals surface area (Å²) in [5.41, 5.74) is 1.33. The van der Waals surface area contributed by atoms with Gasteiger partial charge < -0.3 is 10.6 Å². The summed E-state index contributed by atoms with van der Waals surface area (Å²) in [5, 5.41) is 10.1. The minimum atomic E-state index is 0.143. The van der Waals surface area contributed by atoms with Gasteiger partial charge in [0.1, 0.15) is 0 Å². The lowest BCUT2D eigenvalue weighted by atomic mass is 9.93. The number of hydrogen-bond donors (Lipinski definition) is 2. The summed E-state index contributed by atoms with van der Waals surface area (Å²) in [6, 6.07) is 0. The van der Waals surface area contributed by atoms with Gasteiger partial charge in [-0.05, 0) is 18.8 Å². The van der Waals surface area contributed by atoms with Crippen molar-refractivity contribution in [3.05, 3.63) is 16.1 Å². The van der Waals surface area contributed by atoms with Crippen molar-refractivity contribution in [2.24, 2.45) is 10.9 Å². The molecule has 2 rings (SSSR count). The first-order valence-corrected chi connectivity index (χ1v) is 8.26. The van der Waals surface area contributed by atoms with E-state index in [0.29, 0.717) is 0 Å². The molecule has 1 aromatic heterocycles. The van der Waals surface area contributed by atoms with E-state index >= 15 is 0 Å². The lowest BCUT2D eigenvalue weighted by molar-refractivity contribution is 0.570. The molecular weight excluding hydrogens is 268 g/mol. The van der Waals surface area contributed by atoms with Gasteiger partial charge in [-0.2, -0.15) is 0 Å². The monoisotopic (exact) mass is 294 g/mol. The van der Waals surface area contributed by atoms with Gasteiger partial charge in [-0.3, -0.25) is 4.99 Å². The molecule has 0 amide bonds. The lowest BCUT2D eigenvalue weighted by Gasteiger charge is -2.14. The van der Waals surface area contributed by atoms with Gasteiger partial charge >= 0.3 is 0 Å². The highest BCUT2D eigenvalue weighted by atomic mass is 32.1. The van der Waals surface area contributed by atoms with Crippen molar-refractivity contribution < 1.29 is 0 Å². The van der Waals surface area contributed by atoms with Crippen molar-refractivity contribution in [3.63, 3.8) is 0 Å². The Morgan fingerprint density at radius 1 is 1.40 bits per heavy atom. The molecule has 1 heterocycles. The molecule has 0 atom stereocenters. The van der Waals surface area contributed by atoms with Crippen LogP contribution in [0.15, 0.2) is 10.4 Å². The van der Waals surface area contributed by atoms with Crippen LogP contribution >= 0.6 is 11.3 Å². The third-order valence-corrected chi connectivity index (χ3v) is 4.34. The number of hydrogen-bond acceptors (Lipinski definition) is 3. The normalized spacial score (nSPS) is 16.3. The molecule has 1 aliphatic carbocycles. The smallest absolute Gasteiger partial charge is 0.190 e. The van der Waals surface area contributed by atoms with E-state index < -0.39 is 0 Å². The van der Waals surface area contributed by atoms with Crippen molar-refractivity contribution in [1.29, 1.82) is 0 Å². The van der Waals surface area contributed by atoms with Gasteiger partial charge in [0, 0.05) is 37.4 Å². The molecule has 20 heavy (non-hydrogen) atoms. The van der Waals surface area contributed by atoms with Crippen LogP contribution in [0.25, 0.3) is 0 Å². The summed E-state index contributed by atoms with van der Waals surface area (Å²) in [7, 11) is 1.82. The molecule has 112 valence electrons. The molecule has 5 heteroatoms. The fraction of sp³-hybridized carbons (Fsp3) is 0.733. The van der Waals surface area contributed by atoms with E-state index in [0.717, 1.165) is 31.4 Å². The maximum atomic E-state index is 4.71. The molecule has 1 aliphatic rings. The Hall–Kier alpha value is -1.10. The van der Waals surface area contributed by atoms with Crippen molar-refractivity contribution >= 4 is 17.3 Å². The zero-order valence-electron chi connectivity index (χ0n) is 13.0. The first-order chi connectivity index (χ1) is 9.49. The molecule has 0 unspecified atom stereocenters. The molecule has 0 spiro atoms. The van der Waals surface area contributed by atoms with Crippen LogP contribution in [0.3, 0.4) is 0 Å². The second-order valence-corrected chi connectivity index (χ2v) is 7.39. The second-order valence-electron chi connectivity index (χ2n) is 6.45. The lowest BCUT2D eigenvalue weighted by Crippen LogP contribution is -2.39. The van der Waals surface area contributed by atoms with Gasteiger partial charge in [0.2, 0.25) is 0 Å². The fourth-order valence-electron chi connectivity index (χ4n) is 1.84. The van der Waals surface area contributed by atoms with Crippen LogP contribution in [0, 0.1) is 5.92 Å². The quantitative estimate of drug-likeness (QED) is 0.648. The van der Waals surface area contributed by atoms with Crippen LogP contribution < -0.4 is 10.6 Å². The number of nitrogens with zero attached hydrogens (tertiary/aromatic N) is 2. The van der Waals surface area contributed by atoms with Crippen LogP contribution in [0.1, 0.15) is 44.3 Å². The first-order valence-electron chi connectivity index (χ1n) is 7.38. The van der Waals surface area contributed by atoms with Crippen molar-refractivity contribution in [3.8, 4) is 0 Å². The molecule has 1 aromatic rings. The van der Waals surface area contributed by atoms with Gasteiger partial charge in [0.25, 0.3) is 0 Å². The standard InChI is InChI=1S/C15H26N4S/c1-15(2,3)12-10-20-13(19-12)7-8-17-14(16-4)18-9-11-5-6-11/h10-11H,5-9H2,1-4H3,(H2,16,17,18). The number of aromatic nitrogens is 1. The first kappa shape index (κ1) is 15.3. The van der Waals surface area contributed by atoms with Crippen LogP contribution in [0.4, 0.5) is 0 Å². The number of nitrogens with one attached hydrogen (secondary N) is 2. The van der Waals surface area contributed by atoms with E-state index in [4.69, 9.17) is 4.98 Å². The summed E-state index contributed by atoms with van der Waals surface area (Å²) in [4.78, 5) is 8.95. The Balaban J connectivity index is 1.72. The molecule has 0 saturated heterocycles. The summed E-state index contributed by atoms with van der Waals surface area (Å²) in [6.07, 6.45) is 3.67. The Labute approximate surface area is 126 Å². The summed E-state index contributed by atoms with van der Waals surface area (Å²) >= 11 is 1.75. The van der Waals surface area contributed by atoms with Crippen molar-refractivity contribution in [1.82, 2.24) is 15.6 Å². The molecule has 4 nitrogen and oxygen atoms in total. The SMILES string of the molecule is CN=C(NCCc1nc(C(C)(C)C)cs1)NCC1CC1. The fourth-order valence-corrected chi connectivity index (χ4v) is 2.87. The van der Waals surface area contributed by atoms with Gasteiger partial charge in [0.15, 0.2) is 5.96 Å². The number of aliphatic imine (C=N–C) groups is 1. The molecule has 0 bridgehead atoms. The molecule has 0 aromatic carbocycles. The van der Waals surface area contributed by atoms with Gasteiger partial charge in [0.05, 0.1) is 10.7 Å². The van der Waals surface area contributed by atoms with Crippen LogP contribution in [-0.2, 0) is 11.8 Å². The van der Waals surface area contributed by atoms with E-state index in [1.807, 2.05) is 7.05 Å². The van der Waals surface area contributed by atoms with Gasteiger partial charge in [-0.25, -0.2) is 4.98 Å². The zero-order chi connectivity index (χ0) is 14.6. The van der Waals surface area contributed by atoms with Crippen molar-refractivity contribution in [2.75, 3.05) is 20.1 Å². The molecule has 0 aliphatic heterocycles. The van der Waals surface area contributed by atoms with E-state index in [-0.39, 0.29) is 5.41 Å². The average Bonchev–Trinajstić information content (AvgIpc) is 3.08. The largest absolute Gasteiger partial charge is 0.356 e. The summed E-state index contributed by atoms with van der Waals surface area (Å²) in [6.45, 7) is 8.53. The van der Waals surface area contributed by atoms with E-state index in [1.54, 1.807) is 11.3 Å².